The molecule has 40 heavy (non-hydrogen) atoms. The molecule has 0 unspecified atom stereocenters. The number of nitrogens with one attached hydrogen (secondary N) is 5. The number of hydrogen-bond acceptors (Lipinski definition) is 9. The summed E-state index contributed by atoms with van der Waals surface area (Å²) in [6.45, 7) is 3.21. The number of halogens is 3. The van der Waals surface area contributed by atoms with Crippen molar-refractivity contribution in [1.82, 2.24) is 31.1 Å². The third-order valence-electron chi connectivity index (χ3n) is 7.62. The molecule has 0 bridgehead atoms. The highest BCUT2D eigenvalue weighted by Crippen LogP contribution is 2.45. The summed E-state index contributed by atoms with van der Waals surface area (Å²) >= 11 is 0. The number of likely N-dealkylation sites (tertiary alicyclic amines) is 1. The van der Waals surface area contributed by atoms with Gasteiger partial charge in [0.15, 0.2) is 17.7 Å². The van der Waals surface area contributed by atoms with E-state index in [2.05, 4.69) is 27.8 Å². The van der Waals surface area contributed by atoms with Crippen molar-refractivity contribution in [2.24, 2.45) is 0 Å². The predicted octanol–water partition coefficient (Wildman–Crippen LogP) is -0.876. The number of carbonyl (C=O) groups excluding carboxylic acids is 3. The number of guanidine groups is 1. The molecular weight excluding hydrogens is 539 g/mol. The molecule has 4 aliphatic rings. The van der Waals surface area contributed by atoms with E-state index in [1.54, 1.807) is 0 Å². The van der Waals surface area contributed by atoms with Crippen LogP contribution in [0.25, 0.3) is 0 Å². The van der Waals surface area contributed by atoms with Crippen LogP contribution >= 0.6 is 0 Å². The van der Waals surface area contributed by atoms with E-state index in [0.717, 1.165) is 17.0 Å². The molecule has 4 heterocycles. The van der Waals surface area contributed by atoms with Gasteiger partial charge in [0.1, 0.15) is 0 Å². The molecule has 7 N–H and O–H groups in total. The molecule has 216 valence electrons. The number of alkyl halides is 3. The van der Waals surface area contributed by atoms with Gasteiger partial charge in [-0.05, 0) is 18.1 Å². The minimum atomic E-state index is -4.50. The van der Waals surface area contributed by atoms with Crippen LogP contribution in [-0.4, -0.2) is 93.2 Å². The average Bonchev–Trinajstić information content (AvgIpc) is 3.46. The first-order valence-electron chi connectivity index (χ1n) is 12.5. The van der Waals surface area contributed by atoms with Crippen LogP contribution in [0, 0.1) is 5.41 Å². The van der Waals surface area contributed by atoms with Crippen LogP contribution in [0.15, 0.2) is 36.7 Å². The van der Waals surface area contributed by atoms with Gasteiger partial charge >= 0.3 is 12.3 Å². The molecule has 13 nitrogen and oxygen atoms in total. The van der Waals surface area contributed by atoms with E-state index in [1.807, 2.05) is 0 Å². The van der Waals surface area contributed by atoms with Gasteiger partial charge in [-0.2, -0.15) is 13.2 Å². The molecule has 1 aromatic rings. The molecule has 1 spiro atoms. The quantitative estimate of drug-likeness (QED) is 0.169. The van der Waals surface area contributed by atoms with Gasteiger partial charge in [-0.1, -0.05) is 24.8 Å². The van der Waals surface area contributed by atoms with Crippen molar-refractivity contribution in [2.45, 2.75) is 55.1 Å². The van der Waals surface area contributed by atoms with Gasteiger partial charge < -0.3 is 41.1 Å². The first-order valence-corrected chi connectivity index (χ1v) is 12.5. The normalized spacial score (nSPS) is 29.0. The predicted molar refractivity (Wildman–Crippen MR) is 130 cm³/mol. The van der Waals surface area contributed by atoms with Gasteiger partial charge in [0.25, 0.3) is 0 Å². The molecular formula is C24H28F3N7O6. The Bertz CT molecular complexity index is 1260. The second-order valence-corrected chi connectivity index (χ2v) is 10.1. The van der Waals surface area contributed by atoms with E-state index in [-0.39, 0.29) is 62.5 Å². The molecule has 3 amide bonds. The molecule has 4 atom stereocenters. The molecule has 0 aliphatic carbocycles. The molecule has 0 saturated carbocycles. The molecule has 0 aromatic heterocycles. The second kappa shape index (κ2) is 9.55. The Kier molecular flexibility index (Phi) is 6.57. The third kappa shape index (κ3) is 4.46. The Morgan fingerprint density at radius 1 is 1.23 bits per heavy atom. The minimum absolute atomic E-state index is 0.0563. The van der Waals surface area contributed by atoms with E-state index < -0.39 is 47.5 Å². The Morgan fingerprint density at radius 3 is 2.60 bits per heavy atom. The summed E-state index contributed by atoms with van der Waals surface area (Å²) in [5.41, 5.74) is -2.35. The van der Waals surface area contributed by atoms with Gasteiger partial charge in [-0.25, -0.2) is 4.79 Å². The molecule has 0 radical (unpaired) electrons. The van der Waals surface area contributed by atoms with Crippen LogP contribution in [0.5, 0.6) is 0 Å². The first-order chi connectivity index (χ1) is 18.7. The van der Waals surface area contributed by atoms with Gasteiger partial charge in [0.2, 0.25) is 17.6 Å². The maximum Gasteiger partial charge on any atom is 0.416 e. The topological polar surface area (TPSA) is 179 Å². The van der Waals surface area contributed by atoms with Gasteiger partial charge in [-0.3, -0.25) is 19.9 Å². The highest BCUT2D eigenvalue weighted by molar-refractivity contribution is 6.02. The van der Waals surface area contributed by atoms with Crippen molar-refractivity contribution in [3.8, 4) is 0 Å². The summed E-state index contributed by atoms with van der Waals surface area (Å²) in [5.74, 6) is -3.66. The fraction of sp³-hybridized carbons (Fsp3) is 0.500. The Morgan fingerprint density at radius 2 is 1.93 bits per heavy atom. The van der Waals surface area contributed by atoms with Gasteiger partial charge in [0, 0.05) is 19.4 Å². The number of ether oxygens (including phenoxy) is 1. The monoisotopic (exact) mass is 567 g/mol. The lowest BCUT2D eigenvalue weighted by Crippen LogP contribution is -2.81. The first kappa shape index (κ1) is 27.5. The zero-order valence-corrected chi connectivity index (χ0v) is 21.0. The number of carbonyl (C=O) groups is 3. The van der Waals surface area contributed by atoms with E-state index in [9.17, 15) is 37.8 Å². The fourth-order valence-corrected chi connectivity index (χ4v) is 5.75. The van der Waals surface area contributed by atoms with E-state index >= 15 is 0 Å². The zero-order valence-electron chi connectivity index (χ0n) is 21.0. The van der Waals surface area contributed by atoms with Gasteiger partial charge in [0.05, 0.1) is 36.6 Å². The van der Waals surface area contributed by atoms with Crippen molar-refractivity contribution >= 4 is 23.9 Å². The van der Waals surface area contributed by atoms with Crippen molar-refractivity contribution in [1.29, 1.82) is 5.41 Å². The summed E-state index contributed by atoms with van der Waals surface area (Å²) in [4.78, 5) is 39.3. The number of amides is 3. The standard InChI is InChI=1S/C24H28F3N7O6/c1-12-30-19-15(10-33-17(35)5-6-18(33)36)31-20(28)34-11-16(23(38,39)22(19,34)32-12)40-21(37)29-8-7-13-3-2-4-14(9-13)24(25,26)27/h2-4,9,15-16,19,30,32,38-39H,1,5-8,10-11H2,(H2,28,31)(H,29,37)/t15-,16-,19-,22-/m0/s1. The third-order valence-corrected chi connectivity index (χ3v) is 7.62. The van der Waals surface area contributed by atoms with Crippen LogP contribution in [0.3, 0.4) is 0 Å². The summed E-state index contributed by atoms with van der Waals surface area (Å²) in [6, 6.07) is 2.87. The highest BCUT2D eigenvalue weighted by Gasteiger charge is 2.75. The van der Waals surface area contributed by atoms with Crippen LogP contribution in [0.1, 0.15) is 24.0 Å². The number of benzene rings is 1. The number of hydrogen-bond donors (Lipinski definition) is 7. The van der Waals surface area contributed by atoms with Crippen LogP contribution in [0.2, 0.25) is 0 Å². The van der Waals surface area contributed by atoms with Crippen molar-refractivity contribution < 1.29 is 42.5 Å². The minimum Gasteiger partial charge on any atom is -0.438 e. The van der Waals surface area contributed by atoms with Crippen LogP contribution in [-0.2, 0) is 26.9 Å². The Labute approximate surface area is 225 Å². The number of alkyl carbamates (subject to hydrolysis) is 1. The largest absolute Gasteiger partial charge is 0.438 e. The van der Waals surface area contributed by atoms with Crippen molar-refractivity contribution in [2.75, 3.05) is 19.6 Å². The molecule has 16 heteroatoms. The lowest BCUT2D eigenvalue weighted by atomic mass is 9.85. The molecule has 4 fully saturated rings. The summed E-state index contributed by atoms with van der Waals surface area (Å²) in [6.07, 6.45) is -6.96. The molecule has 1 aromatic carbocycles. The maximum absolute atomic E-state index is 12.9. The van der Waals surface area contributed by atoms with E-state index in [1.165, 1.54) is 17.0 Å². The van der Waals surface area contributed by atoms with Crippen molar-refractivity contribution in [3.63, 3.8) is 0 Å². The van der Waals surface area contributed by atoms with E-state index in [4.69, 9.17) is 10.1 Å². The highest BCUT2D eigenvalue weighted by atomic mass is 19.4. The number of nitrogens with zero attached hydrogens (tertiary/aromatic N) is 2. The second-order valence-electron chi connectivity index (χ2n) is 10.1. The summed E-state index contributed by atoms with van der Waals surface area (Å²) in [5, 5.41) is 42.4. The Balaban J connectivity index is 1.28. The smallest absolute Gasteiger partial charge is 0.416 e. The van der Waals surface area contributed by atoms with Crippen LogP contribution in [0.4, 0.5) is 18.0 Å². The zero-order chi connectivity index (χ0) is 29.0. The van der Waals surface area contributed by atoms with E-state index in [0.29, 0.717) is 5.56 Å². The summed E-state index contributed by atoms with van der Waals surface area (Å²) in [7, 11) is 0. The molecule has 5 rings (SSSR count). The fourth-order valence-electron chi connectivity index (χ4n) is 5.75. The SMILES string of the molecule is C=C1N[C@H]2[C@H](CN3C(=O)CCC3=O)NC(=N)N3C[C@H](OC(=O)NCCc4cccc(C(F)(F)F)c4)C(O)(O)[C@]23N1. The van der Waals surface area contributed by atoms with Crippen LogP contribution < -0.4 is 21.3 Å². The molecule has 4 saturated heterocycles. The lowest BCUT2D eigenvalue weighted by molar-refractivity contribution is -0.258. The van der Waals surface area contributed by atoms with Crippen molar-refractivity contribution in [3.05, 3.63) is 47.8 Å². The summed E-state index contributed by atoms with van der Waals surface area (Å²) < 4.78 is 44.1. The number of imide groups is 1. The number of rotatable bonds is 6. The lowest BCUT2D eigenvalue weighted by Gasteiger charge is -2.51. The Hall–Kier alpha value is -4.05. The average molecular weight is 568 g/mol. The maximum atomic E-state index is 12.9. The number of aliphatic hydroxyl groups is 2. The molecule has 4 aliphatic heterocycles. The van der Waals surface area contributed by atoms with Gasteiger partial charge in [-0.15, -0.1) is 0 Å².